The summed E-state index contributed by atoms with van der Waals surface area (Å²) in [5.74, 6) is 0. The summed E-state index contributed by atoms with van der Waals surface area (Å²) in [5.41, 5.74) is 0. The average Bonchev–Trinajstić information content (AvgIpc) is 2.15. The van der Waals surface area contributed by atoms with Crippen LogP contribution in [0.3, 0.4) is 0 Å². The van der Waals surface area contributed by atoms with Gasteiger partial charge in [-0.25, -0.2) is 0 Å². The van der Waals surface area contributed by atoms with E-state index in [9.17, 15) is 0 Å². The Bertz CT molecular complexity index is 251. The quantitative estimate of drug-likeness (QED) is 0.359. The minimum absolute atomic E-state index is 0. The minimum atomic E-state index is 0. The smallest absolute Gasteiger partial charge is 0.184 e. The molecule has 0 spiro atoms. The third kappa shape index (κ3) is 15.3. The second-order valence-corrected chi connectivity index (χ2v) is 2.92. The summed E-state index contributed by atoms with van der Waals surface area (Å²) in [5, 5.41) is 0. The van der Waals surface area contributed by atoms with Crippen molar-refractivity contribution in [2.24, 2.45) is 0 Å². The minimum Gasteiger partial charge on any atom is -0.184 e. The first-order chi connectivity index (χ1) is 8.00. The molecule has 0 nitrogen and oxygen atoms in total. The van der Waals surface area contributed by atoms with Crippen LogP contribution in [0, 0.1) is 12.2 Å². The molecule has 0 atom stereocenters. The van der Waals surface area contributed by atoms with Crippen LogP contribution < -0.4 is 103 Å². The molecule has 0 heterocycles. The maximum atomic E-state index is 2.94. The van der Waals surface area contributed by atoms with Crippen LogP contribution >= 0.6 is 0 Å². The third-order valence-corrected chi connectivity index (χ3v) is 1.66. The van der Waals surface area contributed by atoms with Crippen molar-refractivity contribution in [3.8, 4) is 0 Å². The average molecular weight is 284 g/mol. The molecule has 18 heavy (non-hydrogen) atoms. The van der Waals surface area contributed by atoms with Gasteiger partial charge in [-0.05, 0) is 0 Å². The molecular weight excluding hydrogens is 270 g/mol. The van der Waals surface area contributed by atoms with Crippen LogP contribution in [0.4, 0.5) is 0 Å². The van der Waals surface area contributed by atoms with E-state index in [2.05, 4.69) is 12.2 Å². The van der Waals surface area contributed by atoms with Crippen molar-refractivity contribution in [3.63, 3.8) is 0 Å². The molecule has 0 unspecified atom stereocenters. The zero-order valence-corrected chi connectivity index (χ0v) is 17.3. The summed E-state index contributed by atoms with van der Waals surface area (Å²) in [6.45, 7) is 0. The molecule has 0 aliphatic heterocycles. The summed E-state index contributed by atoms with van der Waals surface area (Å²) in [6.07, 6.45) is 33.0. The van der Waals surface area contributed by atoms with Crippen LogP contribution in [-0.4, -0.2) is 0 Å². The first-order valence-corrected chi connectivity index (χ1v) is 5.15. The normalized spacial score (nSPS) is 28.4. The molecule has 0 radical (unpaired) electrons. The molecule has 2 heteroatoms. The van der Waals surface area contributed by atoms with Gasteiger partial charge in [0, 0.05) is 0 Å². The zero-order valence-electron chi connectivity index (χ0n) is 11.1. The number of allylic oxidation sites excluding steroid dienone is 16. The Morgan fingerprint density at radius 3 is 1.17 bits per heavy atom. The molecule has 0 aromatic carbocycles. The molecule has 0 saturated carbocycles. The fraction of sp³-hybridized carbons (Fsp3) is 0. The molecular formula is C16H14K2. The Morgan fingerprint density at radius 1 is 0.389 bits per heavy atom. The fourth-order valence-corrected chi connectivity index (χ4v) is 0.940. The molecule has 2 aliphatic rings. The predicted octanol–water partition coefficient (Wildman–Crippen LogP) is -1.94. The monoisotopic (exact) mass is 284 g/mol. The molecule has 0 N–H and O–H groups in total. The number of rotatable bonds is 0. The van der Waals surface area contributed by atoms with Crippen LogP contribution in [-0.2, 0) is 0 Å². The van der Waals surface area contributed by atoms with E-state index in [-0.39, 0.29) is 103 Å². The summed E-state index contributed by atoms with van der Waals surface area (Å²) in [4.78, 5) is 0. The van der Waals surface area contributed by atoms with E-state index in [4.69, 9.17) is 0 Å². The molecule has 2 rings (SSSR count). The van der Waals surface area contributed by atoms with Crippen LogP contribution in [0.25, 0.3) is 0 Å². The van der Waals surface area contributed by atoms with E-state index in [0.717, 1.165) is 0 Å². The van der Waals surface area contributed by atoms with Gasteiger partial charge in [-0.1, -0.05) is 12.2 Å². The van der Waals surface area contributed by atoms with Crippen LogP contribution in [0.1, 0.15) is 0 Å². The molecule has 2 aliphatic carbocycles. The standard InChI is InChI=1S/2C8H7.2K/c2*1-2-4-6-8-7-5-3-1;;/h2*1-7H;;/q2*-1;2*+1/b2*2-1-,3-1?,4-2?,5-3-,6-4-,7-5?;;. The SMILES string of the molecule is [C-]1=C\C=C/C=C\C=C/1.[C-]1=C\C=C/C=C\C=C/1.[K+].[K+]. The first kappa shape index (κ1) is 21.5. The van der Waals surface area contributed by atoms with E-state index >= 15 is 0 Å². The summed E-state index contributed by atoms with van der Waals surface area (Å²) >= 11 is 0. The molecule has 0 aromatic rings. The van der Waals surface area contributed by atoms with Gasteiger partial charge in [0.2, 0.25) is 0 Å². The van der Waals surface area contributed by atoms with E-state index in [1.807, 2.05) is 85.1 Å². The van der Waals surface area contributed by atoms with Crippen molar-refractivity contribution >= 4 is 0 Å². The maximum absolute atomic E-state index is 2.94. The Hall–Kier alpha value is 1.19. The summed E-state index contributed by atoms with van der Waals surface area (Å²) < 4.78 is 0. The van der Waals surface area contributed by atoms with Gasteiger partial charge in [0.25, 0.3) is 0 Å². The van der Waals surface area contributed by atoms with Crippen molar-refractivity contribution in [2.75, 3.05) is 0 Å². The van der Waals surface area contributed by atoms with Crippen LogP contribution in [0.5, 0.6) is 0 Å². The van der Waals surface area contributed by atoms with Crippen molar-refractivity contribution in [2.45, 2.75) is 0 Å². The molecule has 0 saturated heterocycles. The maximum Gasteiger partial charge on any atom is 1.00 e. The Labute approximate surface area is 196 Å². The molecule has 0 fully saturated rings. The van der Waals surface area contributed by atoms with Gasteiger partial charge in [-0.15, -0.1) is 24.3 Å². The van der Waals surface area contributed by atoms with E-state index in [1.54, 1.807) is 0 Å². The Kier molecular flexibility index (Phi) is 21.7. The van der Waals surface area contributed by atoms with Gasteiger partial charge in [-0.2, -0.15) is 60.8 Å². The molecule has 80 valence electrons. The third-order valence-electron chi connectivity index (χ3n) is 1.66. The summed E-state index contributed by atoms with van der Waals surface area (Å²) in [7, 11) is 0. The second-order valence-electron chi connectivity index (χ2n) is 2.92. The van der Waals surface area contributed by atoms with Crippen molar-refractivity contribution in [1.82, 2.24) is 0 Å². The van der Waals surface area contributed by atoms with Gasteiger partial charge in [-0.3, -0.25) is 0 Å². The van der Waals surface area contributed by atoms with Crippen molar-refractivity contribution in [1.29, 1.82) is 0 Å². The fourth-order valence-electron chi connectivity index (χ4n) is 0.940. The Morgan fingerprint density at radius 2 is 0.722 bits per heavy atom. The molecule has 0 aromatic heterocycles. The van der Waals surface area contributed by atoms with Gasteiger partial charge >= 0.3 is 103 Å². The topological polar surface area (TPSA) is 0 Å². The Balaban J connectivity index is 0. The van der Waals surface area contributed by atoms with Crippen molar-refractivity contribution in [3.05, 3.63) is 97.2 Å². The zero-order chi connectivity index (χ0) is 11.3. The molecule has 0 amide bonds. The number of hydrogen-bond acceptors (Lipinski definition) is 0. The molecule has 0 bridgehead atoms. The van der Waals surface area contributed by atoms with E-state index in [1.165, 1.54) is 0 Å². The van der Waals surface area contributed by atoms with E-state index in [0.29, 0.717) is 0 Å². The number of hydrogen-bond donors (Lipinski definition) is 0. The summed E-state index contributed by atoms with van der Waals surface area (Å²) in [6, 6.07) is 0. The van der Waals surface area contributed by atoms with E-state index < -0.39 is 0 Å². The van der Waals surface area contributed by atoms with Gasteiger partial charge < -0.3 is 0 Å². The van der Waals surface area contributed by atoms with Crippen LogP contribution in [0.2, 0.25) is 0 Å². The van der Waals surface area contributed by atoms with Gasteiger partial charge in [0.1, 0.15) is 0 Å². The van der Waals surface area contributed by atoms with Gasteiger partial charge in [0.05, 0.1) is 0 Å². The second kappa shape index (κ2) is 18.2. The predicted molar refractivity (Wildman–Crippen MR) is 70.5 cm³/mol. The van der Waals surface area contributed by atoms with Crippen LogP contribution in [0.15, 0.2) is 85.1 Å². The first-order valence-electron chi connectivity index (χ1n) is 5.15. The van der Waals surface area contributed by atoms with Crippen molar-refractivity contribution < 1.29 is 103 Å². The largest absolute Gasteiger partial charge is 1.00 e. The van der Waals surface area contributed by atoms with Gasteiger partial charge in [0.15, 0.2) is 0 Å².